The summed E-state index contributed by atoms with van der Waals surface area (Å²) in [5.74, 6) is 6.27. The Labute approximate surface area is 211 Å². The van der Waals surface area contributed by atoms with Gasteiger partial charge in [0.1, 0.15) is 5.82 Å². The van der Waals surface area contributed by atoms with Gasteiger partial charge in [0.2, 0.25) is 0 Å². The molecule has 188 valence electrons. The van der Waals surface area contributed by atoms with Crippen LogP contribution in [0.25, 0.3) is 5.70 Å². The van der Waals surface area contributed by atoms with Crippen molar-refractivity contribution in [3.8, 4) is 0 Å². The SMILES string of the molecule is N/C(=C1/C=C2CCCC3CC4(CCC3(Cc3ccccn3)C2=CN1N)OCCO4)c1ccc(F)cc1. The number of allylic oxidation sites excluding steroid dienone is 3. The molecule has 3 heterocycles. The Hall–Kier alpha value is -3.00. The number of hydrogen-bond donors (Lipinski definition) is 2. The molecule has 7 heteroatoms. The first kappa shape index (κ1) is 23.4. The van der Waals surface area contributed by atoms with Crippen LogP contribution < -0.4 is 11.6 Å². The molecule has 36 heavy (non-hydrogen) atoms. The second kappa shape index (κ2) is 9.14. The summed E-state index contributed by atoms with van der Waals surface area (Å²) >= 11 is 0. The maximum Gasteiger partial charge on any atom is 0.168 e. The van der Waals surface area contributed by atoms with E-state index in [1.165, 1.54) is 23.3 Å². The van der Waals surface area contributed by atoms with Crippen LogP contribution in [0.5, 0.6) is 0 Å². The highest BCUT2D eigenvalue weighted by Crippen LogP contribution is 2.59. The zero-order valence-electron chi connectivity index (χ0n) is 20.5. The summed E-state index contributed by atoms with van der Waals surface area (Å²) in [6, 6.07) is 12.4. The number of rotatable bonds is 3. The number of pyridine rings is 1. The summed E-state index contributed by atoms with van der Waals surface area (Å²) in [7, 11) is 0. The second-order valence-corrected chi connectivity index (χ2v) is 10.5. The molecule has 2 aliphatic carbocycles. The molecule has 1 saturated heterocycles. The quantitative estimate of drug-likeness (QED) is 0.604. The lowest BCUT2D eigenvalue weighted by Gasteiger charge is -2.51. The summed E-state index contributed by atoms with van der Waals surface area (Å²) in [4.78, 5) is 4.71. The van der Waals surface area contributed by atoms with E-state index in [9.17, 15) is 4.39 Å². The molecule has 2 aromatic rings. The largest absolute Gasteiger partial charge is 0.397 e. The molecule has 1 spiro atoms. The predicted molar refractivity (Wildman–Crippen MR) is 136 cm³/mol. The van der Waals surface area contributed by atoms with Crippen LogP contribution in [-0.2, 0) is 15.9 Å². The van der Waals surface area contributed by atoms with Crippen molar-refractivity contribution in [2.75, 3.05) is 13.2 Å². The van der Waals surface area contributed by atoms with E-state index in [1.54, 1.807) is 17.1 Å². The van der Waals surface area contributed by atoms with E-state index in [-0.39, 0.29) is 11.2 Å². The fourth-order valence-electron chi connectivity index (χ4n) is 6.73. The summed E-state index contributed by atoms with van der Waals surface area (Å²) in [5, 5.41) is 1.65. The van der Waals surface area contributed by atoms with E-state index in [2.05, 4.69) is 24.4 Å². The van der Waals surface area contributed by atoms with Crippen LogP contribution in [0.2, 0.25) is 0 Å². The molecular weight excluding hydrogens is 455 g/mol. The van der Waals surface area contributed by atoms with Gasteiger partial charge in [-0.1, -0.05) is 6.07 Å². The van der Waals surface area contributed by atoms with Crippen molar-refractivity contribution in [2.24, 2.45) is 22.9 Å². The van der Waals surface area contributed by atoms with Gasteiger partial charge in [-0.25, -0.2) is 10.2 Å². The first-order valence-corrected chi connectivity index (χ1v) is 12.9. The van der Waals surface area contributed by atoms with Gasteiger partial charge in [-0.15, -0.1) is 0 Å². The van der Waals surface area contributed by atoms with E-state index in [0.717, 1.165) is 61.9 Å². The lowest BCUT2D eigenvalue weighted by atomic mass is 9.57. The van der Waals surface area contributed by atoms with Crippen LogP contribution in [0.15, 0.2) is 77.8 Å². The standard InChI is InChI=1S/C29H33FN4O2/c30-23-9-7-20(8-10-23)27(31)26-16-21-4-3-5-22-17-29(35-14-15-36-29)12-11-28(22,25(21)19-34(26)32)18-24-6-1-2-13-33-24/h1-2,6-10,13,16,19,22H,3-5,11-12,14-15,17-18,31-32H2/b27-26-. The Morgan fingerprint density at radius 3 is 2.67 bits per heavy atom. The Bertz CT molecular complexity index is 1220. The molecule has 1 aromatic heterocycles. The minimum Gasteiger partial charge on any atom is -0.397 e. The van der Waals surface area contributed by atoms with E-state index in [4.69, 9.17) is 26.0 Å². The van der Waals surface area contributed by atoms with Crippen molar-refractivity contribution in [3.63, 3.8) is 0 Å². The molecule has 2 saturated carbocycles. The van der Waals surface area contributed by atoms with Crippen LogP contribution in [0.1, 0.15) is 49.8 Å². The molecule has 4 aliphatic rings. The van der Waals surface area contributed by atoms with Gasteiger partial charge in [-0.3, -0.25) is 9.99 Å². The molecule has 0 radical (unpaired) electrons. The summed E-state index contributed by atoms with van der Waals surface area (Å²) in [6.07, 6.45) is 12.7. The number of nitrogens with two attached hydrogens (primary N) is 2. The van der Waals surface area contributed by atoms with Gasteiger partial charge in [0.25, 0.3) is 0 Å². The molecule has 2 unspecified atom stereocenters. The van der Waals surface area contributed by atoms with E-state index >= 15 is 0 Å². The minimum absolute atomic E-state index is 0.120. The van der Waals surface area contributed by atoms with Gasteiger partial charge in [0, 0.05) is 36.3 Å². The normalized spacial score (nSPS) is 28.6. The highest BCUT2D eigenvalue weighted by Gasteiger charge is 2.55. The molecule has 4 N–H and O–H groups in total. The zero-order valence-corrected chi connectivity index (χ0v) is 20.5. The molecule has 0 amide bonds. The fraction of sp³-hybridized carbons (Fsp3) is 0.414. The lowest BCUT2D eigenvalue weighted by molar-refractivity contribution is -0.204. The molecule has 2 aliphatic heterocycles. The molecule has 0 bridgehead atoms. The van der Waals surface area contributed by atoms with Crippen LogP contribution >= 0.6 is 0 Å². The molecular formula is C29H33FN4O2. The number of benzene rings is 1. The molecule has 2 atom stereocenters. The first-order valence-electron chi connectivity index (χ1n) is 12.9. The number of ether oxygens (including phenoxy) is 2. The van der Waals surface area contributed by atoms with Gasteiger partial charge < -0.3 is 15.2 Å². The van der Waals surface area contributed by atoms with Gasteiger partial charge in [-0.2, -0.15) is 0 Å². The number of halogens is 1. The number of nitrogens with zero attached hydrogens (tertiary/aromatic N) is 2. The summed E-state index contributed by atoms with van der Waals surface area (Å²) in [5.41, 5.74) is 12.1. The number of fused-ring (bicyclic) bond motifs is 3. The number of hydrazine groups is 1. The maximum atomic E-state index is 13.5. The predicted octanol–water partition coefficient (Wildman–Crippen LogP) is 4.80. The van der Waals surface area contributed by atoms with E-state index in [0.29, 0.717) is 24.8 Å². The minimum atomic E-state index is -0.456. The highest BCUT2D eigenvalue weighted by atomic mass is 19.1. The molecule has 1 aromatic carbocycles. The van der Waals surface area contributed by atoms with E-state index in [1.807, 2.05) is 12.3 Å². The van der Waals surface area contributed by atoms with Crippen molar-refractivity contribution in [3.05, 3.63) is 94.9 Å². The second-order valence-electron chi connectivity index (χ2n) is 10.5. The van der Waals surface area contributed by atoms with Crippen LogP contribution in [0.3, 0.4) is 0 Å². The molecule has 6 rings (SSSR count). The van der Waals surface area contributed by atoms with E-state index < -0.39 is 5.79 Å². The maximum absolute atomic E-state index is 13.5. The topological polar surface area (TPSA) is 86.6 Å². The highest BCUT2D eigenvalue weighted by molar-refractivity contribution is 5.69. The Morgan fingerprint density at radius 2 is 1.92 bits per heavy atom. The van der Waals surface area contributed by atoms with Crippen LogP contribution in [0.4, 0.5) is 4.39 Å². The van der Waals surface area contributed by atoms with Gasteiger partial charge in [-0.05, 0) is 97.2 Å². The Kier molecular flexibility index (Phi) is 5.94. The third-order valence-electron chi connectivity index (χ3n) is 8.50. The monoisotopic (exact) mass is 488 g/mol. The Balaban J connectivity index is 1.43. The lowest BCUT2D eigenvalue weighted by Crippen LogP contribution is -2.48. The van der Waals surface area contributed by atoms with Crippen molar-refractivity contribution in [1.82, 2.24) is 9.99 Å². The van der Waals surface area contributed by atoms with Gasteiger partial charge in [0.15, 0.2) is 5.79 Å². The fourth-order valence-corrected chi connectivity index (χ4v) is 6.73. The van der Waals surface area contributed by atoms with Crippen molar-refractivity contribution < 1.29 is 13.9 Å². The average Bonchev–Trinajstić information content (AvgIpc) is 3.29. The number of aromatic nitrogens is 1. The number of hydrogen-bond acceptors (Lipinski definition) is 6. The smallest absolute Gasteiger partial charge is 0.168 e. The molecule has 6 nitrogen and oxygen atoms in total. The average molecular weight is 489 g/mol. The van der Waals surface area contributed by atoms with Gasteiger partial charge in [0.05, 0.1) is 24.6 Å². The van der Waals surface area contributed by atoms with Crippen LogP contribution in [0, 0.1) is 17.2 Å². The zero-order chi connectivity index (χ0) is 24.8. The van der Waals surface area contributed by atoms with Crippen LogP contribution in [-0.4, -0.2) is 29.0 Å². The summed E-state index contributed by atoms with van der Waals surface area (Å²) < 4.78 is 25.8. The molecule has 3 fully saturated rings. The van der Waals surface area contributed by atoms with Crippen molar-refractivity contribution >= 4 is 5.70 Å². The van der Waals surface area contributed by atoms with Crippen molar-refractivity contribution in [1.29, 1.82) is 0 Å². The third-order valence-corrected chi connectivity index (χ3v) is 8.50. The summed E-state index contributed by atoms with van der Waals surface area (Å²) in [6.45, 7) is 1.34. The third kappa shape index (κ3) is 4.05. The first-order chi connectivity index (χ1) is 17.5. The van der Waals surface area contributed by atoms with Crippen molar-refractivity contribution in [2.45, 2.75) is 50.7 Å². The van der Waals surface area contributed by atoms with Gasteiger partial charge >= 0.3 is 0 Å². The Morgan fingerprint density at radius 1 is 1.11 bits per heavy atom.